The molecule has 0 saturated carbocycles. The number of furan rings is 1. The number of amides is 2. The second-order valence-corrected chi connectivity index (χ2v) is 5.02. The first kappa shape index (κ1) is 16.7. The van der Waals surface area contributed by atoms with Gasteiger partial charge in [0.25, 0.3) is 5.91 Å². The third kappa shape index (κ3) is 3.56. The van der Waals surface area contributed by atoms with Gasteiger partial charge in [0.05, 0.1) is 5.56 Å². The molecule has 0 aliphatic heterocycles. The zero-order valence-corrected chi connectivity index (χ0v) is 12.9. The van der Waals surface area contributed by atoms with Gasteiger partial charge in [0.15, 0.2) is 11.6 Å². The summed E-state index contributed by atoms with van der Waals surface area (Å²) in [7, 11) is 1.38. The van der Waals surface area contributed by atoms with Crippen LogP contribution in [0.15, 0.2) is 28.7 Å². The molecule has 2 rings (SSSR count). The molecular formula is C16H16F2N2O3. The lowest BCUT2D eigenvalue weighted by atomic mass is 10.0. The van der Waals surface area contributed by atoms with Crippen LogP contribution in [0.1, 0.15) is 33.5 Å². The van der Waals surface area contributed by atoms with Crippen LogP contribution in [-0.4, -0.2) is 18.9 Å². The zero-order valence-electron chi connectivity index (χ0n) is 12.9. The Morgan fingerprint density at radius 1 is 1.13 bits per heavy atom. The Bertz CT molecular complexity index is 756. The number of carbonyl (C=O) groups is 2. The molecule has 0 aliphatic carbocycles. The molecule has 1 aromatic heterocycles. The minimum absolute atomic E-state index is 0.134. The fraction of sp³-hybridized carbons (Fsp3) is 0.250. The zero-order chi connectivity index (χ0) is 17.1. The van der Waals surface area contributed by atoms with E-state index in [1.807, 2.05) is 0 Å². The van der Waals surface area contributed by atoms with Crippen LogP contribution in [0.4, 0.5) is 8.78 Å². The van der Waals surface area contributed by atoms with E-state index in [1.54, 1.807) is 13.8 Å². The number of hydrogen-bond acceptors (Lipinski definition) is 3. The van der Waals surface area contributed by atoms with Crippen molar-refractivity contribution in [1.82, 2.24) is 10.6 Å². The fourth-order valence-corrected chi connectivity index (χ4v) is 2.20. The average molecular weight is 322 g/mol. The summed E-state index contributed by atoms with van der Waals surface area (Å²) in [5.41, 5.74) is 0.411. The lowest BCUT2D eigenvalue weighted by Crippen LogP contribution is -2.39. The minimum atomic E-state index is -1.16. The van der Waals surface area contributed by atoms with E-state index in [0.29, 0.717) is 11.5 Å². The molecular weight excluding hydrogens is 306 g/mol. The number of aryl methyl sites for hydroxylation is 2. The SMILES string of the molecule is CNC(=O)C(NC(=O)c1cc(C)oc1C)c1ccc(F)c(F)c1. The average Bonchev–Trinajstić information content (AvgIpc) is 2.85. The predicted molar refractivity (Wildman–Crippen MR) is 78.8 cm³/mol. The number of benzene rings is 1. The highest BCUT2D eigenvalue weighted by molar-refractivity contribution is 5.98. The van der Waals surface area contributed by atoms with Crippen LogP contribution in [-0.2, 0) is 4.79 Å². The van der Waals surface area contributed by atoms with Gasteiger partial charge in [0.1, 0.15) is 17.6 Å². The van der Waals surface area contributed by atoms with Gasteiger partial charge in [-0.3, -0.25) is 9.59 Å². The maximum atomic E-state index is 13.4. The first-order chi connectivity index (χ1) is 10.8. The van der Waals surface area contributed by atoms with Gasteiger partial charge in [-0.25, -0.2) is 8.78 Å². The molecule has 0 aliphatic rings. The summed E-state index contributed by atoms with van der Waals surface area (Å²) in [6.45, 7) is 3.31. The van der Waals surface area contributed by atoms with Crippen LogP contribution in [0.3, 0.4) is 0 Å². The Labute approximate surface area is 131 Å². The number of rotatable bonds is 4. The highest BCUT2D eigenvalue weighted by Crippen LogP contribution is 2.19. The molecule has 1 aromatic carbocycles. The topological polar surface area (TPSA) is 71.3 Å². The van der Waals surface area contributed by atoms with Crippen LogP contribution < -0.4 is 10.6 Å². The normalized spacial score (nSPS) is 11.9. The summed E-state index contributed by atoms with van der Waals surface area (Å²) >= 11 is 0. The predicted octanol–water partition coefficient (Wildman–Crippen LogP) is 2.39. The summed E-state index contributed by atoms with van der Waals surface area (Å²) in [4.78, 5) is 24.3. The molecule has 0 fully saturated rings. The second-order valence-electron chi connectivity index (χ2n) is 5.02. The van der Waals surface area contributed by atoms with Crippen molar-refractivity contribution in [2.45, 2.75) is 19.9 Å². The highest BCUT2D eigenvalue weighted by atomic mass is 19.2. The Balaban J connectivity index is 2.32. The number of hydrogen-bond donors (Lipinski definition) is 2. The van der Waals surface area contributed by atoms with Crippen LogP contribution >= 0.6 is 0 Å². The standard InChI is InChI=1S/C16H16F2N2O3/c1-8-6-11(9(2)23-8)15(21)20-14(16(22)19-3)10-4-5-12(17)13(18)7-10/h4-7,14H,1-3H3,(H,19,22)(H,20,21). The van der Waals surface area contributed by atoms with E-state index in [4.69, 9.17) is 4.42 Å². The first-order valence-corrected chi connectivity index (χ1v) is 6.88. The summed E-state index contributed by atoms with van der Waals surface area (Å²) < 4.78 is 31.7. The van der Waals surface area contributed by atoms with Crippen LogP contribution in [0.25, 0.3) is 0 Å². The number of nitrogens with one attached hydrogen (secondary N) is 2. The van der Waals surface area contributed by atoms with Gasteiger partial charge in [-0.2, -0.15) is 0 Å². The third-order valence-corrected chi connectivity index (χ3v) is 3.35. The molecule has 1 atom stereocenters. The van der Waals surface area contributed by atoms with Gasteiger partial charge in [-0.15, -0.1) is 0 Å². The van der Waals surface area contributed by atoms with Gasteiger partial charge in [0.2, 0.25) is 5.91 Å². The third-order valence-electron chi connectivity index (χ3n) is 3.35. The van der Waals surface area contributed by atoms with E-state index in [9.17, 15) is 18.4 Å². The van der Waals surface area contributed by atoms with Crippen molar-refractivity contribution >= 4 is 11.8 Å². The van der Waals surface area contributed by atoms with Gasteiger partial charge < -0.3 is 15.1 Å². The minimum Gasteiger partial charge on any atom is -0.466 e. The lowest BCUT2D eigenvalue weighted by Gasteiger charge is -2.17. The molecule has 0 bridgehead atoms. The molecule has 122 valence electrons. The van der Waals surface area contributed by atoms with Crippen molar-refractivity contribution in [1.29, 1.82) is 0 Å². The van der Waals surface area contributed by atoms with E-state index >= 15 is 0 Å². The fourth-order valence-electron chi connectivity index (χ4n) is 2.20. The van der Waals surface area contributed by atoms with Crippen molar-refractivity contribution in [3.8, 4) is 0 Å². The van der Waals surface area contributed by atoms with Gasteiger partial charge in [-0.05, 0) is 37.6 Å². The summed E-state index contributed by atoms with van der Waals surface area (Å²) in [6.07, 6.45) is 0. The van der Waals surface area contributed by atoms with E-state index in [-0.39, 0.29) is 11.1 Å². The maximum Gasteiger partial charge on any atom is 0.255 e. The van der Waals surface area contributed by atoms with Crippen molar-refractivity contribution < 1.29 is 22.8 Å². The van der Waals surface area contributed by atoms with Crippen molar-refractivity contribution in [2.75, 3.05) is 7.05 Å². The van der Waals surface area contributed by atoms with E-state index in [0.717, 1.165) is 12.1 Å². The largest absolute Gasteiger partial charge is 0.466 e. The molecule has 2 N–H and O–H groups in total. The van der Waals surface area contributed by atoms with Crippen LogP contribution in [0.2, 0.25) is 0 Å². The quantitative estimate of drug-likeness (QED) is 0.908. The summed E-state index contributed by atoms with van der Waals surface area (Å²) in [6, 6.07) is 3.41. The molecule has 0 spiro atoms. The number of carbonyl (C=O) groups excluding carboxylic acids is 2. The van der Waals surface area contributed by atoms with Gasteiger partial charge in [-0.1, -0.05) is 6.07 Å². The Hall–Kier alpha value is -2.70. The second kappa shape index (κ2) is 6.60. The Morgan fingerprint density at radius 2 is 1.83 bits per heavy atom. The van der Waals surface area contributed by atoms with Crippen LogP contribution in [0.5, 0.6) is 0 Å². The summed E-state index contributed by atoms with van der Waals surface area (Å²) in [5.74, 6) is -2.27. The number of halogens is 2. The Morgan fingerprint density at radius 3 is 2.35 bits per heavy atom. The highest BCUT2D eigenvalue weighted by Gasteiger charge is 2.25. The molecule has 2 amide bonds. The van der Waals surface area contributed by atoms with E-state index < -0.39 is 29.5 Å². The van der Waals surface area contributed by atoms with E-state index in [1.165, 1.54) is 19.2 Å². The van der Waals surface area contributed by atoms with Gasteiger partial charge in [0, 0.05) is 7.05 Å². The molecule has 2 aromatic rings. The Kier molecular flexibility index (Phi) is 4.78. The smallest absolute Gasteiger partial charge is 0.255 e. The van der Waals surface area contributed by atoms with Crippen LogP contribution in [0, 0.1) is 25.5 Å². The van der Waals surface area contributed by atoms with Crippen molar-refractivity contribution in [2.24, 2.45) is 0 Å². The van der Waals surface area contributed by atoms with E-state index in [2.05, 4.69) is 10.6 Å². The molecule has 0 saturated heterocycles. The molecule has 1 unspecified atom stereocenters. The lowest BCUT2D eigenvalue weighted by molar-refractivity contribution is -0.122. The van der Waals surface area contributed by atoms with Crippen molar-refractivity contribution in [3.05, 3.63) is 58.5 Å². The number of likely N-dealkylation sites (N-methyl/N-ethyl adjacent to an activating group) is 1. The molecule has 0 radical (unpaired) electrons. The first-order valence-electron chi connectivity index (χ1n) is 6.88. The summed E-state index contributed by atoms with van der Waals surface area (Å²) in [5, 5.41) is 4.88. The maximum absolute atomic E-state index is 13.4. The molecule has 5 nitrogen and oxygen atoms in total. The molecule has 7 heteroatoms. The van der Waals surface area contributed by atoms with Gasteiger partial charge >= 0.3 is 0 Å². The molecule has 23 heavy (non-hydrogen) atoms. The van der Waals surface area contributed by atoms with Crippen molar-refractivity contribution in [3.63, 3.8) is 0 Å². The monoisotopic (exact) mass is 322 g/mol. The molecule has 1 heterocycles.